The third kappa shape index (κ3) is 3.69. The van der Waals surface area contributed by atoms with Crippen LogP contribution in [0.15, 0.2) is 0 Å². The first kappa shape index (κ1) is 14.8. The van der Waals surface area contributed by atoms with E-state index in [0.717, 1.165) is 32.4 Å². The molecule has 4 heteroatoms. The van der Waals surface area contributed by atoms with Crippen LogP contribution in [0.2, 0.25) is 0 Å². The molecule has 0 saturated carbocycles. The Labute approximate surface area is 117 Å². The highest BCUT2D eigenvalue weighted by Crippen LogP contribution is 2.23. The highest BCUT2D eigenvalue weighted by molar-refractivity contribution is 5.75. The summed E-state index contributed by atoms with van der Waals surface area (Å²) in [6, 6.07) is 0.641. The average Bonchev–Trinajstić information content (AvgIpc) is 2.77. The number of carbonyl (C=O) groups is 1. The van der Waals surface area contributed by atoms with E-state index in [9.17, 15) is 4.79 Å². The number of ether oxygens (including phenoxy) is 1. The van der Waals surface area contributed by atoms with E-state index in [1.807, 2.05) is 0 Å². The second-order valence-electron chi connectivity index (χ2n) is 5.86. The van der Waals surface area contributed by atoms with Crippen molar-refractivity contribution in [2.75, 3.05) is 33.3 Å². The molecular weight excluding hydrogens is 240 g/mol. The largest absolute Gasteiger partial charge is 0.468 e. The van der Waals surface area contributed by atoms with Crippen molar-refractivity contribution in [2.45, 2.75) is 57.5 Å². The Morgan fingerprint density at radius 1 is 1.32 bits per heavy atom. The second-order valence-corrected chi connectivity index (χ2v) is 5.86. The van der Waals surface area contributed by atoms with Crippen molar-refractivity contribution in [3.8, 4) is 0 Å². The van der Waals surface area contributed by atoms with Crippen LogP contribution in [0.3, 0.4) is 0 Å². The molecule has 0 N–H and O–H groups in total. The lowest BCUT2D eigenvalue weighted by molar-refractivity contribution is -0.147. The van der Waals surface area contributed by atoms with Gasteiger partial charge in [-0.1, -0.05) is 19.8 Å². The van der Waals surface area contributed by atoms with Gasteiger partial charge >= 0.3 is 5.97 Å². The van der Waals surface area contributed by atoms with Crippen LogP contribution in [-0.4, -0.2) is 61.1 Å². The Kier molecular flexibility index (Phi) is 5.64. The van der Waals surface area contributed by atoms with Crippen molar-refractivity contribution in [1.82, 2.24) is 9.80 Å². The van der Waals surface area contributed by atoms with Crippen LogP contribution >= 0.6 is 0 Å². The van der Waals surface area contributed by atoms with Crippen LogP contribution in [-0.2, 0) is 9.53 Å². The maximum Gasteiger partial charge on any atom is 0.323 e. The summed E-state index contributed by atoms with van der Waals surface area (Å²) in [6.45, 7) is 6.70. The van der Waals surface area contributed by atoms with E-state index in [2.05, 4.69) is 16.7 Å². The molecule has 0 aromatic rings. The number of esters is 1. The summed E-state index contributed by atoms with van der Waals surface area (Å²) >= 11 is 0. The van der Waals surface area contributed by atoms with Crippen LogP contribution in [0, 0.1) is 0 Å². The molecule has 2 aliphatic heterocycles. The topological polar surface area (TPSA) is 32.8 Å². The van der Waals surface area contributed by atoms with Crippen LogP contribution in [0.4, 0.5) is 0 Å². The van der Waals surface area contributed by atoms with Gasteiger partial charge in [0.25, 0.3) is 0 Å². The molecule has 2 fully saturated rings. The van der Waals surface area contributed by atoms with Crippen LogP contribution < -0.4 is 0 Å². The summed E-state index contributed by atoms with van der Waals surface area (Å²) in [5.74, 6) is -0.0418. The summed E-state index contributed by atoms with van der Waals surface area (Å²) in [6.07, 6.45) is 6.96. The van der Waals surface area contributed by atoms with Gasteiger partial charge in [-0.15, -0.1) is 0 Å². The van der Waals surface area contributed by atoms with E-state index in [1.165, 1.54) is 39.5 Å². The van der Waals surface area contributed by atoms with Gasteiger partial charge in [0.15, 0.2) is 0 Å². The molecule has 19 heavy (non-hydrogen) atoms. The zero-order valence-electron chi connectivity index (χ0n) is 12.4. The average molecular weight is 268 g/mol. The van der Waals surface area contributed by atoms with Crippen molar-refractivity contribution < 1.29 is 9.53 Å². The summed E-state index contributed by atoms with van der Waals surface area (Å²) in [5.41, 5.74) is 0. The number of hydrogen-bond donors (Lipinski definition) is 0. The first-order valence-electron chi connectivity index (χ1n) is 7.82. The molecule has 110 valence electrons. The maximum atomic E-state index is 12.0. The highest BCUT2D eigenvalue weighted by atomic mass is 16.5. The van der Waals surface area contributed by atoms with Crippen LogP contribution in [0.5, 0.6) is 0 Å². The molecule has 0 amide bonds. The first-order valence-corrected chi connectivity index (χ1v) is 7.82. The van der Waals surface area contributed by atoms with Gasteiger partial charge in [-0.25, -0.2) is 0 Å². The predicted octanol–water partition coefficient (Wildman–Crippen LogP) is 1.89. The van der Waals surface area contributed by atoms with Crippen LogP contribution in [0.1, 0.15) is 45.4 Å². The van der Waals surface area contributed by atoms with Gasteiger partial charge in [0, 0.05) is 19.1 Å². The van der Waals surface area contributed by atoms with Gasteiger partial charge in [-0.3, -0.25) is 14.6 Å². The van der Waals surface area contributed by atoms with Gasteiger partial charge in [-0.2, -0.15) is 0 Å². The molecule has 0 bridgehead atoms. The third-order valence-electron chi connectivity index (χ3n) is 4.58. The van der Waals surface area contributed by atoms with Crippen molar-refractivity contribution in [3.05, 3.63) is 0 Å². The molecule has 2 aliphatic rings. The lowest BCUT2D eigenvalue weighted by Crippen LogP contribution is -2.46. The summed E-state index contributed by atoms with van der Waals surface area (Å²) in [7, 11) is 1.51. The van der Waals surface area contributed by atoms with E-state index in [4.69, 9.17) is 4.74 Å². The fraction of sp³-hybridized carbons (Fsp3) is 0.933. The van der Waals surface area contributed by atoms with Gasteiger partial charge in [0.1, 0.15) is 6.04 Å². The smallest absolute Gasteiger partial charge is 0.323 e. The minimum atomic E-state index is -0.0418. The van der Waals surface area contributed by atoms with Crippen molar-refractivity contribution in [2.24, 2.45) is 0 Å². The number of hydrogen-bond acceptors (Lipinski definition) is 4. The molecular formula is C15H28N2O2. The molecule has 0 aliphatic carbocycles. The molecule has 2 saturated heterocycles. The maximum absolute atomic E-state index is 12.0. The number of nitrogens with zero attached hydrogens (tertiary/aromatic N) is 2. The Morgan fingerprint density at radius 3 is 2.84 bits per heavy atom. The fourth-order valence-corrected chi connectivity index (χ4v) is 3.50. The Morgan fingerprint density at radius 2 is 2.11 bits per heavy atom. The lowest BCUT2D eigenvalue weighted by Gasteiger charge is -2.31. The molecule has 0 aromatic heterocycles. The normalized spacial score (nSPS) is 26.7. The monoisotopic (exact) mass is 268 g/mol. The second kappa shape index (κ2) is 7.25. The Balaban J connectivity index is 2.00. The minimum absolute atomic E-state index is 0.0227. The van der Waals surface area contributed by atoms with E-state index in [1.54, 1.807) is 0 Å². The Hall–Kier alpha value is -0.610. The number of fused-ring (bicyclic) bond motifs is 1. The van der Waals surface area contributed by atoms with Crippen molar-refractivity contribution in [1.29, 1.82) is 0 Å². The van der Waals surface area contributed by atoms with E-state index in [0.29, 0.717) is 6.04 Å². The van der Waals surface area contributed by atoms with Gasteiger partial charge in [0.2, 0.25) is 0 Å². The molecule has 2 heterocycles. The summed E-state index contributed by atoms with van der Waals surface area (Å²) in [4.78, 5) is 17.0. The number of carbonyl (C=O) groups excluding carboxylic acids is 1. The van der Waals surface area contributed by atoms with Gasteiger partial charge < -0.3 is 4.74 Å². The van der Waals surface area contributed by atoms with Crippen molar-refractivity contribution in [3.63, 3.8) is 0 Å². The number of unbranched alkanes of at least 4 members (excludes halogenated alkanes) is 1. The molecule has 0 spiro atoms. The lowest BCUT2D eigenvalue weighted by atomic mass is 10.1. The zero-order chi connectivity index (χ0) is 13.7. The van der Waals surface area contributed by atoms with E-state index < -0.39 is 0 Å². The molecule has 4 nitrogen and oxygen atoms in total. The van der Waals surface area contributed by atoms with Gasteiger partial charge in [-0.05, 0) is 38.8 Å². The third-order valence-corrected chi connectivity index (χ3v) is 4.58. The fourth-order valence-electron chi connectivity index (χ4n) is 3.50. The van der Waals surface area contributed by atoms with Gasteiger partial charge in [0.05, 0.1) is 7.11 Å². The molecule has 2 rings (SSSR count). The zero-order valence-corrected chi connectivity index (χ0v) is 12.4. The standard InChI is InChI=1S/C15H28N2O2/c1-3-4-8-14(15(18)19-2)17-11-6-10-16-9-5-7-13(16)12-17/h13-14H,3-12H2,1-2H3. The number of methoxy groups -OCH3 is 1. The first-order chi connectivity index (χ1) is 9.26. The summed E-state index contributed by atoms with van der Waals surface area (Å²) < 4.78 is 5.02. The quantitative estimate of drug-likeness (QED) is 0.713. The Bertz CT molecular complexity index is 296. The number of rotatable bonds is 5. The molecule has 0 radical (unpaired) electrons. The van der Waals surface area contributed by atoms with E-state index >= 15 is 0 Å². The molecule has 0 aromatic carbocycles. The SMILES string of the molecule is CCCCC(C(=O)OC)N1CCCN2CCCC2C1. The molecule has 2 atom stereocenters. The predicted molar refractivity (Wildman–Crippen MR) is 76.1 cm³/mol. The minimum Gasteiger partial charge on any atom is -0.468 e. The summed E-state index contributed by atoms with van der Waals surface area (Å²) in [5, 5.41) is 0. The van der Waals surface area contributed by atoms with Crippen LogP contribution in [0.25, 0.3) is 0 Å². The van der Waals surface area contributed by atoms with Crippen molar-refractivity contribution >= 4 is 5.97 Å². The molecule has 2 unspecified atom stereocenters. The van der Waals surface area contributed by atoms with E-state index in [-0.39, 0.29) is 12.0 Å². The highest BCUT2D eigenvalue weighted by Gasteiger charge is 2.34.